The maximum atomic E-state index is 12.9. The van der Waals surface area contributed by atoms with E-state index in [1.165, 1.54) is 0 Å². The van der Waals surface area contributed by atoms with E-state index in [4.69, 9.17) is 23.2 Å². The van der Waals surface area contributed by atoms with Crippen molar-refractivity contribution in [1.29, 1.82) is 0 Å². The van der Waals surface area contributed by atoms with Gasteiger partial charge in [0.25, 0.3) is 5.91 Å². The van der Waals surface area contributed by atoms with E-state index >= 15 is 0 Å². The van der Waals surface area contributed by atoms with Crippen LogP contribution in [-0.2, 0) is 17.5 Å². The Morgan fingerprint density at radius 3 is 2.43 bits per heavy atom. The van der Waals surface area contributed by atoms with Gasteiger partial charge < -0.3 is 15.2 Å². The molecule has 2 N–H and O–H groups in total. The van der Waals surface area contributed by atoms with E-state index in [1.807, 2.05) is 6.92 Å². The molecule has 0 aliphatic heterocycles. The van der Waals surface area contributed by atoms with Crippen LogP contribution in [0.3, 0.4) is 0 Å². The number of alkyl halides is 3. The lowest BCUT2D eigenvalue weighted by atomic mass is 10.2. The number of hydrogen-bond donors (Lipinski definition) is 2. The van der Waals surface area contributed by atoms with E-state index in [-0.39, 0.29) is 22.4 Å². The largest absolute Gasteiger partial charge is 0.416 e. The van der Waals surface area contributed by atoms with Crippen molar-refractivity contribution in [2.24, 2.45) is 0 Å². The summed E-state index contributed by atoms with van der Waals surface area (Å²) in [6, 6.07) is 8.64. The molecule has 1 atom stereocenters. The molecule has 3 aromatic rings. The number of hydrogen-bond acceptors (Lipinski definition) is 5. The number of carbonyl (C=O) groups excluding carboxylic acids is 2. The van der Waals surface area contributed by atoms with Crippen LogP contribution in [0.2, 0.25) is 10.0 Å². The van der Waals surface area contributed by atoms with Crippen LogP contribution in [0, 0.1) is 0 Å². The molecule has 35 heavy (non-hydrogen) atoms. The van der Waals surface area contributed by atoms with Crippen molar-refractivity contribution in [3.05, 3.63) is 69.5 Å². The van der Waals surface area contributed by atoms with Gasteiger partial charge in [-0.3, -0.25) is 9.59 Å². The van der Waals surface area contributed by atoms with Crippen LogP contribution in [0.1, 0.15) is 41.6 Å². The summed E-state index contributed by atoms with van der Waals surface area (Å²) in [4.78, 5) is 24.9. The molecule has 0 spiro atoms. The summed E-state index contributed by atoms with van der Waals surface area (Å²) in [7, 11) is 0. The van der Waals surface area contributed by atoms with Crippen LogP contribution in [0.5, 0.6) is 0 Å². The molecule has 0 unspecified atom stereocenters. The second kappa shape index (κ2) is 11.3. The second-order valence-corrected chi connectivity index (χ2v) is 9.10. The molecule has 0 bridgehead atoms. The van der Waals surface area contributed by atoms with Crippen LogP contribution in [0.4, 0.5) is 18.9 Å². The van der Waals surface area contributed by atoms with Gasteiger partial charge in [0.05, 0.1) is 28.1 Å². The molecular weight excluding hydrogens is 526 g/mol. The monoisotopic (exact) mass is 545 g/mol. The first kappa shape index (κ1) is 26.8. The van der Waals surface area contributed by atoms with Crippen molar-refractivity contribution in [3.8, 4) is 0 Å². The number of aromatic nitrogens is 3. The zero-order valence-corrected chi connectivity index (χ0v) is 20.8. The summed E-state index contributed by atoms with van der Waals surface area (Å²) in [5, 5.41) is 14.4. The van der Waals surface area contributed by atoms with E-state index in [0.717, 1.165) is 30.0 Å². The third-order valence-corrected chi connectivity index (χ3v) is 6.35. The third kappa shape index (κ3) is 6.89. The molecule has 0 aliphatic carbocycles. The van der Waals surface area contributed by atoms with Gasteiger partial charge in [-0.25, -0.2) is 0 Å². The molecule has 13 heteroatoms. The molecule has 1 heterocycles. The van der Waals surface area contributed by atoms with E-state index in [2.05, 4.69) is 20.8 Å². The van der Waals surface area contributed by atoms with Gasteiger partial charge in [-0.2, -0.15) is 13.2 Å². The molecule has 186 valence electrons. The molecule has 2 amide bonds. The molecule has 0 saturated carbocycles. The highest BCUT2D eigenvalue weighted by atomic mass is 35.5. The fourth-order valence-corrected chi connectivity index (χ4v) is 4.18. The fourth-order valence-electron chi connectivity index (χ4n) is 3.08. The van der Waals surface area contributed by atoms with Gasteiger partial charge in [0.1, 0.15) is 0 Å². The van der Waals surface area contributed by atoms with Gasteiger partial charge in [0.2, 0.25) is 5.91 Å². The van der Waals surface area contributed by atoms with Crippen molar-refractivity contribution >= 4 is 52.5 Å². The number of nitrogens with one attached hydrogen (secondary N) is 2. The lowest BCUT2D eigenvalue weighted by Crippen LogP contribution is -2.28. The average molecular weight is 546 g/mol. The van der Waals surface area contributed by atoms with Crippen molar-refractivity contribution in [1.82, 2.24) is 20.1 Å². The third-order valence-electron chi connectivity index (χ3n) is 4.80. The fraction of sp³-hybridized carbons (Fsp3) is 0.273. The number of carbonyl (C=O) groups is 2. The van der Waals surface area contributed by atoms with Crippen LogP contribution < -0.4 is 10.6 Å². The molecule has 0 fully saturated rings. The Hall–Kier alpha value is -2.76. The van der Waals surface area contributed by atoms with Crippen LogP contribution in [0.15, 0.2) is 47.6 Å². The Bertz CT molecular complexity index is 1220. The smallest absolute Gasteiger partial charge is 0.342 e. The summed E-state index contributed by atoms with van der Waals surface area (Å²) in [6.07, 6.45) is -4.56. The molecule has 2 aromatic carbocycles. The minimum Gasteiger partial charge on any atom is -0.342 e. The SMILES string of the molecule is CCn1c(SCC(=O)Nc2cc(C(F)(F)F)ccc2Cl)nnc1[C@H](C)NC(=O)c1ccc(Cl)cc1. The van der Waals surface area contributed by atoms with Gasteiger partial charge in [-0.15, -0.1) is 10.2 Å². The summed E-state index contributed by atoms with van der Waals surface area (Å²) in [6.45, 7) is 4.07. The number of benzene rings is 2. The van der Waals surface area contributed by atoms with Crippen molar-refractivity contribution < 1.29 is 22.8 Å². The number of halogens is 5. The maximum Gasteiger partial charge on any atom is 0.416 e. The Morgan fingerprint density at radius 2 is 1.80 bits per heavy atom. The number of nitrogens with zero attached hydrogens (tertiary/aromatic N) is 3. The van der Waals surface area contributed by atoms with E-state index in [1.54, 1.807) is 35.8 Å². The van der Waals surface area contributed by atoms with Gasteiger partial charge >= 0.3 is 6.18 Å². The Balaban J connectivity index is 1.65. The highest BCUT2D eigenvalue weighted by Gasteiger charge is 2.31. The Labute approximate surface area is 213 Å². The number of amides is 2. The summed E-state index contributed by atoms with van der Waals surface area (Å²) >= 11 is 12.8. The zero-order chi connectivity index (χ0) is 25.8. The normalized spacial score (nSPS) is 12.3. The molecule has 0 saturated heterocycles. The highest BCUT2D eigenvalue weighted by molar-refractivity contribution is 7.99. The quantitative estimate of drug-likeness (QED) is 0.347. The number of anilines is 1. The average Bonchev–Trinajstić information content (AvgIpc) is 3.22. The van der Waals surface area contributed by atoms with Crippen molar-refractivity contribution in [2.45, 2.75) is 37.8 Å². The molecule has 0 radical (unpaired) electrons. The van der Waals surface area contributed by atoms with E-state index in [0.29, 0.717) is 28.1 Å². The number of thioether (sulfide) groups is 1. The first-order chi connectivity index (χ1) is 16.5. The topological polar surface area (TPSA) is 88.9 Å². The first-order valence-electron chi connectivity index (χ1n) is 10.3. The van der Waals surface area contributed by atoms with E-state index < -0.39 is 23.7 Å². The molecule has 1 aromatic heterocycles. The summed E-state index contributed by atoms with van der Waals surface area (Å²) < 4.78 is 40.6. The van der Waals surface area contributed by atoms with Crippen LogP contribution in [0.25, 0.3) is 0 Å². The van der Waals surface area contributed by atoms with Crippen molar-refractivity contribution in [3.63, 3.8) is 0 Å². The standard InChI is InChI=1S/C22H20Cl2F3N5O2S/c1-3-32-19(12(2)28-20(34)13-4-7-15(23)8-5-13)30-31-21(32)35-11-18(33)29-17-10-14(22(25,26)27)6-9-16(17)24/h4-10,12H,3,11H2,1-2H3,(H,28,34)(H,29,33)/t12-/m0/s1. The second-order valence-electron chi connectivity index (χ2n) is 7.32. The summed E-state index contributed by atoms with van der Waals surface area (Å²) in [5.41, 5.74) is -0.624. The molecule has 7 nitrogen and oxygen atoms in total. The van der Waals surface area contributed by atoms with E-state index in [9.17, 15) is 22.8 Å². The van der Waals surface area contributed by atoms with Gasteiger partial charge in [-0.05, 0) is 56.3 Å². The minimum absolute atomic E-state index is 0.0133. The first-order valence-corrected chi connectivity index (χ1v) is 12.0. The predicted molar refractivity (Wildman–Crippen MR) is 129 cm³/mol. The van der Waals surface area contributed by atoms with Gasteiger partial charge in [0.15, 0.2) is 11.0 Å². The summed E-state index contributed by atoms with van der Waals surface area (Å²) in [5.74, 6) is -0.534. The minimum atomic E-state index is -4.56. The maximum absolute atomic E-state index is 12.9. The van der Waals surface area contributed by atoms with Crippen molar-refractivity contribution in [2.75, 3.05) is 11.1 Å². The number of rotatable bonds is 8. The van der Waals surface area contributed by atoms with Gasteiger partial charge in [-0.1, -0.05) is 35.0 Å². The molecule has 3 rings (SSSR count). The molecular formula is C22H20Cl2F3N5O2S. The molecule has 0 aliphatic rings. The van der Waals surface area contributed by atoms with Crippen LogP contribution >= 0.6 is 35.0 Å². The lowest BCUT2D eigenvalue weighted by Gasteiger charge is -2.15. The zero-order valence-electron chi connectivity index (χ0n) is 18.5. The van der Waals surface area contributed by atoms with Crippen LogP contribution in [-0.4, -0.2) is 32.3 Å². The Morgan fingerprint density at radius 1 is 1.11 bits per heavy atom. The predicted octanol–water partition coefficient (Wildman–Crippen LogP) is 5.85. The Kier molecular flexibility index (Phi) is 8.68. The highest BCUT2D eigenvalue weighted by Crippen LogP contribution is 2.34. The van der Waals surface area contributed by atoms with Gasteiger partial charge in [0, 0.05) is 17.1 Å². The lowest BCUT2D eigenvalue weighted by molar-refractivity contribution is -0.137.